The lowest BCUT2D eigenvalue weighted by atomic mass is 9.95. The van der Waals surface area contributed by atoms with Crippen LogP contribution in [0.4, 0.5) is 0 Å². The monoisotopic (exact) mass is 164 g/mol. The molecule has 0 spiro atoms. The van der Waals surface area contributed by atoms with E-state index in [1.165, 1.54) is 5.57 Å². The van der Waals surface area contributed by atoms with Crippen molar-refractivity contribution in [1.82, 2.24) is 0 Å². The van der Waals surface area contributed by atoms with Crippen LogP contribution >= 0.6 is 0 Å². The number of carbonyl (C=O) groups excluding carboxylic acids is 1. The Balaban J connectivity index is 2.59. The van der Waals surface area contributed by atoms with Crippen LogP contribution in [0.5, 0.6) is 0 Å². The molecule has 0 aromatic heterocycles. The summed E-state index contributed by atoms with van der Waals surface area (Å²) in [6, 6.07) is 0. The first-order valence-electron chi connectivity index (χ1n) is 4.63. The molecule has 0 fully saturated rings. The second-order valence-electron chi connectivity index (χ2n) is 3.38. The molecular formula is C11H16O. The maximum Gasteiger partial charge on any atom is 0.158 e. The molecule has 1 aliphatic carbocycles. The zero-order valence-corrected chi connectivity index (χ0v) is 7.89. The lowest BCUT2D eigenvalue weighted by Gasteiger charge is -2.09. The second-order valence-corrected chi connectivity index (χ2v) is 3.38. The molecule has 0 N–H and O–H groups in total. The van der Waals surface area contributed by atoms with Crippen LogP contribution in [0.3, 0.4) is 0 Å². The summed E-state index contributed by atoms with van der Waals surface area (Å²) in [5, 5.41) is 0. The van der Waals surface area contributed by atoms with Gasteiger partial charge < -0.3 is 0 Å². The molecule has 0 saturated carbocycles. The summed E-state index contributed by atoms with van der Waals surface area (Å²) in [5.41, 5.74) is 2.39. The lowest BCUT2D eigenvalue weighted by Crippen LogP contribution is -2.04. The topological polar surface area (TPSA) is 17.1 Å². The summed E-state index contributed by atoms with van der Waals surface area (Å²) in [6.45, 7) is 4.15. The fourth-order valence-corrected chi connectivity index (χ4v) is 1.36. The summed E-state index contributed by atoms with van der Waals surface area (Å²) in [7, 11) is 0. The van der Waals surface area contributed by atoms with Gasteiger partial charge in [0.05, 0.1) is 0 Å². The third-order valence-electron chi connectivity index (χ3n) is 2.19. The standard InChI is InChI=1S/C11H16O/c1-3-4-11(12)10-7-5-9(2)6-8-10/h5,7H,3-4,6,8H2,1-2H3. The minimum Gasteiger partial charge on any atom is -0.295 e. The van der Waals surface area contributed by atoms with Crippen LogP contribution < -0.4 is 0 Å². The van der Waals surface area contributed by atoms with Crippen LogP contribution in [0, 0.1) is 0 Å². The van der Waals surface area contributed by atoms with E-state index in [2.05, 4.69) is 13.0 Å². The van der Waals surface area contributed by atoms with Gasteiger partial charge in [-0.2, -0.15) is 0 Å². The van der Waals surface area contributed by atoms with E-state index in [4.69, 9.17) is 0 Å². The van der Waals surface area contributed by atoms with Crippen LogP contribution in [0.15, 0.2) is 23.3 Å². The Kier molecular flexibility index (Phi) is 3.27. The maximum absolute atomic E-state index is 11.4. The van der Waals surface area contributed by atoms with Crippen molar-refractivity contribution in [3.63, 3.8) is 0 Å². The fraction of sp³-hybridized carbons (Fsp3) is 0.545. The number of allylic oxidation sites excluding steroid dienone is 4. The largest absolute Gasteiger partial charge is 0.295 e. The average Bonchev–Trinajstić information content (AvgIpc) is 2.06. The molecule has 1 nitrogen and oxygen atoms in total. The molecule has 0 aromatic rings. The van der Waals surface area contributed by atoms with Crippen molar-refractivity contribution in [2.45, 2.75) is 39.5 Å². The molecule has 1 heteroatoms. The van der Waals surface area contributed by atoms with E-state index in [0.717, 1.165) is 24.8 Å². The zero-order chi connectivity index (χ0) is 8.97. The highest BCUT2D eigenvalue weighted by molar-refractivity contribution is 5.95. The molecule has 1 aliphatic rings. The Hall–Kier alpha value is -0.850. The highest BCUT2D eigenvalue weighted by atomic mass is 16.1. The van der Waals surface area contributed by atoms with Gasteiger partial charge in [0.25, 0.3) is 0 Å². The number of hydrogen-bond acceptors (Lipinski definition) is 1. The van der Waals surface area contributed by atoms with Gasteiger partial charge in [-0.3, -0.25) is 4.79 Å². The van der Waals surface area contributed by atoms with Crippen molar-refractivity contribution in [3.8, 4) is 0 Å². The van der Waals surface area contributed by atoms with E-state index < -0.39 is 0 Å². The molecule has 0 heterocycles. The number of carbonyl (C=O) groups is 1. The lowest BCUT2D eigenvalue weighted by molar-refractivity contribution is -0.115. The number of ketones is 1. The van der Waals surface area contributed by atoms with Crippen molar-refractivity contribution >= 4 is 5.78 Å². The van der Waals surface area contributed by atoms with Crippen molar-refractivity contribution in [2.75, 3.05) is 0 Å². The zero-order valence-electron chi connectivity index (χ0n) is 7.89. The van der Waals surface area contributed by atoms with Gasteiger partial charge in [-0.05, 0) is 31.8 Å². The predicted molar refractivity (Wildman–Crippen MR) is 51.0 cm³/mol. The number of Topliss-reactive ketones (excluding diaryl/α,β-unsaturated/α-hetero) is 1. The Bertz CT molecular complexity index is 233. The van der Waals surface area contributed by atoms with Gasteiger partial charge in [-0.1, -0.05) is 24.6 Å². The molecule has 0 radical (unpaired) electrons. The first kappa shape index (κ1) is 9.24. The van der Waals surface area contributed by atoms with Gasteiger partial charge in [-0.15, -0.1) is 0 Å². The van der Waals surface area contributed by atoms with E-state index >= 15 is 0 Å². The van der Waals surface area contributed by atoms with E-state index in [-0.39, 0.29) is 0 Å². The summed E-state index contributed by atoms with van der Waals surface area (Å²) < 4.78 is 0. The Morgan fingerprint density at radius 2 is 2.17 bits per heavy atom. The van der Waals surface area contributed by atoms with Gasteiger partial charge in [-0.25, -0.2) is 0 Å². The van der Waals surface area contributed by atoms with Gasteiger partial charge in [0.1, 0.15) is 0 Å². The third kappa shape index (κ3) is 2.33. The third-order valence-corrected chi connectivity index (χ3v) is 2.19. The minimum absolute atomic E-state index is 0.334. The van der Waals surface area contributed by atoms with Gasteiger partial charge >= 0.3 is 0 Å². The molecule has 0 unspecified atom stereocenters. The van der Waals surface area contributed by atoms with Crippen molar-refractivity contribution in [2.24, 2.45) is 0 Å². The summed E-state index contributed by atoms with van der Waals surface area (Å²) in [4.78, 5) is 11.4. The number of rotatable bonds is 3. The molecule has 0 bridgehead atoms. The smallest absolute Gasteiger partial charge is 0.158 e. The summed E-state index contributed by atoms with van der Waals surface area (Å²) >= 11 is 0. The van der Waals surface area contributed by atoms with Crippen molar-refractivity contribution in [3.05, 3.63) is 23.3 Å². The van der Waals surface area contributed by atoms with E-state index in [0.29, 0.717) is 12.2 Å². The van der Waals surface area contributed by atoms with Crippen LogP contribution in [0.25, 0.3) is 0 Å². The summed E-state index contributed by atoms with van der Waals surface area (Å²) in [5.74, 6) is 0.334. The molecule has 0 atom stereocenters. The van der Waals surface area contributed by atoms with E-state index in [1.54, 1.807) is 0 Å². The highest BCUT2D eigenvalue weighted by Gasteiger charge is 2.10. The van der Waals surface area contributed by atoms with Crippen molar-refractivity contribution in [1.29, 1.82) is 0 Å². The molecule has 0 aliphatic heterocycles. The van der Waals surface area contributed by atoms with Gasteiger partial charge in [0, 0.05) is 6.42 Å². The highest BCUT2D eigenvalue weighted by Crippen LogP contribution is 2.19. The molecular weight excluding hydrogens is 148 g/mol. The van der Waals surface area contributed by atoms with Crippen molar-refractivity contribution < 1.29 is 4.79 Å². The first-order valence-corrected chi connectivity index (χ1v) is 4.63. The first-order chi connectivity index (χ1) is 5.74. The molecule has 0 amide bonds. The Morgan fingerprint density at radius 1 is 1.42 bits per heavy atom. The van der Waals surface area contributed by atoms with Gasteiger partial charge in [0.2, 0.25) is 0 Å². The second kappa shape index (κ2) is 4.24. The Labute approximate surface area is 74.2 Å². The predicted octanol–water partition coefficient (Wildman–Crippen LogP) is 3.02. The quantitative estimate of drug-likeness (QED) is 0.626. The van der Waals surface area contributed by atoms with Crippen LogP contribution in [-0.2, 0) is 4.79 Å². The molecule has 0 aromatic carbocycles. The SMILES string of the molecule is CCCC(=O)C1=CC=C(C)CC1. The summed E-state index contributed by atoms with van der Waals surface area (Å²) in [6.07, 6.45) is 7.71. The molecule has 66 valence electrons. The molecule has 0 saturated heterocycles. The maximum atomic E-state index is 11.4. The Morgan fingerprint density at radius 3 is 2.67 bits per heavy atom. The fourth-order valence-electron chi connectivity index (χ4n) is 1.36. The van der Waals surface area contributed by atoms with Gasteiger partial charge in [0.15, 0.2) is 5.78 Å². The van der Waals surface area contributed by atoms with E-state index in [9.17, 15) is 4.79 Å². The molecule has 1 rings (SSSR count). The van der Waals surface area contributed by atoms with Crippen LogP contribution in [-0.4, -0.2) is 5.78 Å². The number of hydrogen-bond donors (Lipinski definition) is 0. The molecule has 12 heavy (non-hydrogen) atoms. The average molecular weight is 164 g/mol. The van der Waals surface area contributed by atoms with E-state index in [1.807, 2.05) is 13.0 Å². The minimum atomic E-state index is 0.334. The van der Waals surface area contributed by atoms with Crippen LogP contribution in [0.1, 0.15) is 39.5 Å². The van der Waals surface area contributed by atoms with Crippen LogP contribution in [0.2, 0.25) is 0 Å². The normalized spacial score (nSPS) is 16.8.